The molecule has 1 aromatic rings. The molecule has 0 aliphatic heterocycles. The Bertz CT molecular complexity index is 302. The average molecular weight is 244 g/mol. The summed E-state index contributed by atoms with van der Waals surface area (Å²) in [6.07, 6.45) is 2.16. The monoisotopic (exact) mass is 243 g/mol. The Morgan fingerprint density at radius 2 is 1.81 bits per heavy atom. The van der Waals surface area contributed by atoms with E-state index in [1.165, 1.54) is 0 Å². The van der Waals surface area contributed by atoms with Crippen LogP contribution in [0.1, 0.15) is 38.3 Å². The van der Waals surface area contributed by atoms with E-state index in [2.05, 4.69) is 13.8 Å². The zero-order valence-electron chi connectivity index (χ0n) is 10.3. The van der Waals surface area contributed by atoms with Crippen LogP contribution in [0.25, 0.3) is 0 Å². The maximum atomic E-state index is 6.14. The molecule has 1 aromatic carbocycles. The van der Waals surface area contributed by atoms with Gasteiger partial charge >= 0.3 is 0 Å². The van der Waals surface area contributed by atoms with Gasteiger partial charge in [-0.3, -0.25) is 0 Å². The summed E-state index contributed by atoms with van der Waals surface area (Å²) in [7, 11) is 1.69. The highest BCUT2D eigenvalue weighted by Crippen LogP contribution is 2.26. The lowest BCUT2D eigenvalue weighted by molar-refractivity contribution is 0.401. The number of para-hydroxylation sites is 1. The molecule has 0 aliphatic carbocycles. The molecule has 0 aliphatic rings. The fourth-order valence-electron chi connectivity index (χ4n) is 1.64. The van der Waals surface area contributed by atoms with E-state index in [1.54, 1.807) is 7.11 Å². The first-order valence-corrected chi connectivity index (χ1v) is 5.53. The summed E-state index contributed by atoms with van der Waals surface area (Å²) in [4.78, 5) is 0. The van der Waals surface area contributed by atoms with Gasteiger partial charge in [-0.2, -0.15) is 0 Å². The Hall–Kier alpha value is -0.730. The molecule has 1 rings (SSSR count). The molecule has 0 saturated heterocycles. The molecule has 0 saturated carbocycles. The van der Waals surface area contributed by atoms with Crippen molar-refractivity contribution in [2.45, 2.75) is 32.7 Å². The van der Waals surface area contributed by atoms with Crippen molar-refractivity contribution in [1.82, 2.24) is 0 Å². The minimum absolute atomic E-state index is 0. The fraction of sp³-hybridized carbons (Fsp3) is 0.538. The van der Waals surface area contributed by atoms with Crippen LogP contribution in [-0.2, 0) is 0 Å². The first-order chi connectivity index (χ1) is 7.15. The largest absolute Gasteiger partial charge is 0.496 e. The van der Waals surface area contributed by atoms with Gasteiger partial charge in [0.1, 0.15) is 5.75 Å². The second kappa shape index (κ2) is 7.53. The second-order valence-corrected chi connectivity index (χ2v) is 4.32. The van der Waals surface area contributed by atoms with Crippen molar-refractivity contribution >= 4 is 12.4 Å². The molecule has 0 amide bonds. The molecule has 0 aromatic heterocycles. The number of halogens is 1. The molecule has 92 valence electrons. The molecule has 0 radical (unpaired) electrons. The summed E-state index contributed by atoms with van der Waals surface area (Å²) in [5.41, 5.74) is 7.25. The first-order valence-electron chi connectivity index (χ1n) is 5.53. The van der Waals surface area contributed by atoms with E-state index in [0.717, 1.165) is 24.2 Å². The zero-order chi connectivity index (χ0) is 11.3. The molecule has 2 nitrogen and oxygen atoms in total. The third-order valence-corrected chi connectivity index (χ3v) is 2.59. The molecule has 2 N–H and O–H groups in total. The van der Waals surface area contributed by atoms with E-state index >= 15 is 0 Å². The smallest absolute Gasteiger partial charge is 0.123 e. The van der Waals surface area contributed by atoms with Crippen LogP contribution in [0.5, 0.6) is 5.75 Å². The molecule has 0 bridgehead atoms. The molecule has 1 atom stereocenters. The number of hydrogen-bond donors (Lipinski definition) is 1. The highest BCUT2D eigenvalue weighted by molar-refractivity contribution is 5.85. The average Bonchev–Trinajstić information content (AvgIpc) is 2.25. The molecule has 0 spiro atoms. The van der Waals surface area contributed by atoms with Crippen molar-refractivity contribution in [2.24, 2.45) is 11.7 Å². The Kier molecular flexibility index (Phi) is 7.18. The number of methoxy groups -OCH3 is 1. The minimum atomic E-state index is 0. The van der Waals surface area contributed by atoms with Crippen LogP contribution in [0.3, 0.4) is 0 Å². The van der Waals surface area contributed by atoms with Crippen LogP contribution in [0.15, 0.2) is 24.3 Å². The van der Waals surface area contributed by atoms with Crippen LogP contribution in [-0.4, -0.2) is 7.11 Å². The van der Waals surface area contributed by atoms with Crippen molar-refractivity contribution in [3.05, 3.63) is 29.8 Å². The lowest BCUT2D eigenvalue weighted by atomic mass is 9.98. The Morgan fingerprint density at radius 3 is 2.38 bits per heavy atom. The van der Waals surface area contributed by atoms with Crippen molar-refractivity contribution in [3.8, 4) is 5.75 Å². The van der Waals surface area contributed by atoms with E-state index in [1.807, 2.05) is 24.3 Å². The highest BCUT2D eigenvalue weighted by atomic mass is 35.5. The number of nitrogens with two attached hydrogens (primary N) is 1. The summed E-state index contributed by atoms with van der Waals surface area (Å²) >= 11 is 0. The molecular weight excluding hydrogens is 222 g/mol. The van der Waals surface area contributed by atoms with Gasteiger partial charge in [0.25, 0.3) is 0 Å². The van der Waals surface area contributed by atoms with Crippen molar-refractivity contribution in [3.63, 3.8) is 0 Å². The van der Waals surface area contributed by atoms with E-state index in [-0.39, 0.29) is 18.4 Å². The van der Waals surface area contributed by atoms with Crippen molar-refractivity contribution < 1.29 is 4.74 Å². The number of hydrogen-bond acceptors (Lipinski definition) is 2. The summed E-state index contributed by atoms with van der Waals surface area (Å²) < 4.78 is 5.29. The molecule has 16 heavy (non-hydrogen) atoms. The third-order valence-electron chi connectivity index (χ3n) is 2.59. The predicted molar refractivity (Wildman–Crippen MR) is 71.2 cm³/mol. The summed E-state index contributed by atoms with van der Waals surface area (Å²) in [6.45, 7) is 4.43. The quantitative estimate of drug-likeness (QED) is 0.859. The summed E-state index contributed by atoms with van der Waals surface area (Å²) in [5, 5.41) is 0. The van der Waals surface area contributed by atoms with Crippen molar-refractivity contribution in [2.75, 3.05) is 7.11 Å². The van der Waals surface area contributed by atoms with Gasteiger partial charge < -0.3 is 10.5 Å². The molecular formula is C13H22ClNO. The summed E-state index contributed by atoms with van der Waals surface area (Å²) in [5.74, 6) is 1.60. The number of ether oxygens (including phenoxy) is 1. The predicted octanol–water partition coefficient (Wildman–Crippen LogP) is 3.55. The van der Waals surface area contributed by atoms with E-state index < -0.39 is 0 Å². The van der Waals surface area contributed by atoms with Gasteiger partial charge in [-0.15, -0.1) is 12.4 Å². The van der Waals surface area contributed by atoms with Crippen LogP contribution in [0.4, 0.5) is 0 Å². The number of rotatable bonds is 5. The molecule has 0 fully saturated rings. The normalized spacial score (nSPS) is 12.1. The Labute approximate surface area is 105 Å². The topological polar surface area (TPSA) is 35.2 Å². The van der Waals surface area contributed by atoms with Gasteiger partial charge in [0.05, 0.1) is 7.11 Å². The van der Waals surface area contributed by atoms with Gasteiger partial charge in [-0.1, -0.05) is 32.0 Å². The van der Waals surface area contributed by atoms with Crippen LogP contribution < -0.4 is 10.5 Å². The van der Waals surface area contributed by atoms with Gasteiger partial charge in [-0.05, 0) is 24.8 Å². The van der Waals surface area contributed by atoms with Crippen LogP contribution >= 0.6 is 12.4 Å². The number of benzene rings is 1. The SMILES string of the molecule is COc1ccccc1[C@H](N)CCC(C)C.Cl. The van der Waals surface area contributed by atoms with Crippen LogP contribution in [0, 0.1) is 5.92 Å². The Balaban J connectivity index is 0.00000225. The fourth-order valence-corrected chi connectivity index (χ4v) is 1.64. The Morgan fingerprint density at radius 1 is 1.19 bits per heavy atom. The van der Waals surface area contributed by atoms with Gasteiger partial charge in [-0.25, -0.2) is 0 Å². The van der Waals surface area contributed by atoms with E-state index in [4.69, 9.17) is 10.5 Å². The van der Waals surface area contributed by atoms with Gasteiger partial charge in [0.2, 0.25) is 0 Å². The molecule has 0 unspecified atom stereocenters. The zero-order valence-corrected chi connectivity index (χ0v) is 11.1. The van der Waals surface area contributed by atoms with E-state index in [0.29, 0.717) is 5.92 Å². The van der Waals surface area contributed by atoms with Crippen molar-refractivity contribution in [1.29, 1.82) is 0 Å². The maximum absolute atomic E-state index is 6.14. The van der Waals surface area contributed by atoms with Gasteiger partial charge in [0.15, 0.2) is 0 Å². The standard InChI is InChI=1S/C13H21NO.ClH/c1-10(2)8-9-12(14)11-6-4-5-7-13(11)15-3;/h4-7,10,12H,8-9,14H2,1-3H3;1H/t12-;/m1./s1. The molecule has 0 heterocycles. The summed E-state index contributed by atoms with van der Waals surface area (Å²) in [6, 6.07) is 8.07. The highest BCUT2D eigenvalue weighted by Gasteiger charge is 2.11. The van der Waals surface area contributed by atoms with Gasteiger partial charge in [0, 0.05) is 11.6 Å². The van der Waals surface area contributed by atoms with E-state index in [9.17, 15) is 0 Å². The lowest BCUT2D eigenvalue weighted by Crippen LogP contribution is -2.12. The minimum Gasteiger partial charge on any atom is -0.496 e. The lowest BCUT2D eigenvalue weighted by Gasteiger charge is -2.16. The third kappa shape index (κ3) is 4.42. The van der Waals surface area contributed by atoms with Crippen LogP contribution in [0.2, 0.25) is 0 Å². The maximum Gasteiger partial charge on any atom is 0.123 e. The molecule has 3 heteroatoms. The first kappa shape index (κ1) is 15.3. The second-order valence-electron chi connectivity index (χ2n) is 4.32.